The van der Waals surface area contributed by atoms with Crippen molar-refractivity contribution in [3.8, 4) is 0 Å². The van der Waals surface area contributed by atoms with Gasteiger partial charge in [0.05, 0.1) is 17.9 Å². The predicted octanol–water partition coefficient (Wildman–Crippen LogP) is 0.415. The number of carbonyl (C=O) groups is 1. The molecule has 1 amide bonds. The number of nitrogens with two attached hydrogens (primary N) is 1. The molecule has 2 aromatic heterocycles. The smallest absolute Gasteiger partial charge is 0.272 e. The average Bonchev–Trinajstić information content (AvgIpc) is 2.92. The lowest BCUT2D eigenvalue weighted by Gasteiger charge is -2.05. The molecule has 0 spiro atoms. The molecule has 0 aliphatic heterocycles. The highest BCUT2D eigenvalue weighted by molar-refractivity contribution is 5.97. The summed E-state index contributed by atoms with van der Waals surface area (Å²) in [5.41, 5.74) is 7.24. The van der Waals surface area contributed by atoms with Gasteiger partial charge < -0.3 is 15.6 Å². The number of hydrogen-bond donors (Lipinski definition) is 2. The van der Waals surface area contributed by atoms with E-state index in [-0.39, 0.29) is 12.5 Å². The summed E-state index contributed by atoms with van der Waals surface area (Å²) in [6, 6.07) is 0. The first-order valence-electron chi connectivity index (χ1n) is 5.93. The van der Waals surface area contributed by atoms with E-state index in [1.165, 1.54) is 0 Å². The molecule has 0 saturated carbocycles. The van der Waals surface area contributed by atoms with Crippen molar-refractivity contribution in [2.45, 2.75) is 33.9 Å². The summed E-state index contributed by atoms with van der Waals surface area (Å²) in [4.78, 5) is 16.1. The van der Waals surface area contributed by atoms with E-state index < -0.39 is 0 Å². The second kappa shape index (κ2) is 5.09. The fourth-order valence-corrected chi connectivity index (χ4v) is 1.72. The molecule has 0 aromatic carbocycles. The molecule has 2 rings (SSSR count). The van der Waals surface area contributed by atoms with Crippen LogP contribution >= 0.6 is 0 Å². The zero-order valence-corrected chi connectivity index (χ0v) is 11.1. The summed E-state index contributed by atoms with van der Waals surface area (Å²) in [6.45, 7) is 6.10. The Morgan fingerprint density at radius 1 is 1.47 bits per heavy atom. The molecule has 0 radical (unpaired) electrons. The van der Waals surface area contributed by atoms with Gasteiger partial charge in [0.25, 0.3) is 5.91 Å². The Kier molecular flexibility index (Phi) is 3.50. The van der Waals surface area contributed by atoms with E-state index in [1.54, 1.807) is 18.5 Å². The standard InChI is InChI=1S/C11H16N6O2/c1-4-17-10(9(12)6(2)15-17)11(18)13-5-8-14-7(3)16-19-8/h4-5,12H2,1-3H3,(H,13,18). The summed E-state index contributed by atoms with van der Waals surface area (Å²) in [5, 5.41) is 10.5. The van der Waals surface area contributed by atoms with Crippen LogP contribution in [0.5, 0.6) is 0 Å². The maximum Gasteiger partial charge on any atom is 0.272 e. The lowest BCUT2D eigenvalue weighted by molar-refractivity contribution is 0.0936. The van der Waals surface area contributed by atoms with Crippen molar-refractivity contribution in [3.63, 3.8) is 0 Å². The first-order chi connectivity index (χ1) is 9.02. The number of rotatable bonds is 4. The van der Waals surface area contributed by atoms with E-state index >= 15 is 0 Å². The second-order valence-corrected chi connectivity index (χ2v) is 4.08. The van der Waals surface area contributed by atoms with Crippen LogP contribution in [0, 0.1) is 13.8 Å². The van der Waals surface area contributed by atoms with Gasteiger partial charge in [-0.2, -0.15) is 10.1 Å². The molecule has 0 atom stereocenters. The Morgan fingerprint density at radius 3 is 2.79 bits per heavy atom. The topological polar surface area (TPSA) is 112 Å². The minimum absolute atomic E-state index is 0.160. The van der Waals surface area contributed by atoms with Crippen molar-refractivity contribution >= 4 is 11.6 Å². The van der Waals surface area contributed by atoms with Gasteiger partial charge in [-0.15, -0.1) is 0 Å². The Morgan fingerprint density at radius 2 is 2.21 bits per heavy atom. The molecular formula is C11H16N6O2. The molecule has 102 valence electrons. The van der Waals surface area contributed by atoms with E-state index in [9.17, 15) is 4.79 Å². The van der Waals surface area contributed by atoms with Crippen LogP contribution in [0.25, 0.3) is 0 Å². The molecule has 8 nitrogen and oxygen atoms in total. The van der Waals surface area contributed by atoms with E-state index in [0.717, 1.165) is 0 Å². The summed E-state index contributed by atoms with van der Waals surface area (Å²) in [7, 11) is 0. The largest absolute Gasteiger partial charge is 0.395 e. The molecule has 2 heterocycles. The Labute approximate surface area is 110 Å². The molecule has 3 N–H and O–H groups in total. The van der Waals surface area contributed by atoms with Gasteiger partial charge in [-0.3, -0.25) is 9.48 Å². The van der Waals surface area contributed by atoms with Crippen molar-refractivity contribution in [3.05, 3.63) is 23.1 Å². The Hall–Kier alpha value is -2.38. The number of aryl methyl sites for hydroxylation is 3. The first kappa shape index (κ1) is 13.1. The molecule has 0 saturated heterocycles. The molecule has 0 bridgehead atoms. The number of carbonyl (C=O) groups excluding carboxylic acids is 1. The summed E-state index contributed by atoms with van der Waals surface area (Å²) in [5.74, 6) is 0.567. The number of hydrogen-bond acceptors (Lipinski definition) is 6. The highest BCUT2D eigenvalue weighted by Crippen LogP contribution is 2.16. The maximum atomic E-state index is 12.1. The molecule has 0 fully saturated rings. The molecular weight excluding hydrogens is 248 g/mol. The van der Waals surface area contributed by atoms with Crippen molar-refractivity contribution in [2.75, 3.05) is 5.73 Å². The zero-order valence-electron chi connectivity index (χ0n) is 11.1. The third-order valence-electron chi connectivity index (χ3n) is 2.66. The van der Waals surface area contributed by atoms with Gasteiger partial charge in [0.1, 0.15) is 5.69 Å². The van der Waals surface area contributed by atoms with Gasteiger partial charge in [-0.25, -0.2) is 0 Å². The lowest BCUT2D eigenvalue weighted by atomic mass is 10.3. The Bertz CT molecular complexity index is 600. The molecule has 0 unspecified atom stereocenters. The zero-order chi connectivity index (χ0) is 14.0. The van der Waals surface area contributed by atoms with Gasteiger partial charge in [0.2, 0.25) is 5.89 Å². The van der Waals surface area contributed by atoms with E-state index in [2.05, 4.69) is 20.6 Å². The highest BCUT2D eigenvalue weighted by Gasteiger charge is 2.19. The summed E-state index contributed by atoms with van der Waals surface area (Å²) < 4.78 is 6.48. The molecule has 2 aromatic rings. The van der Waals surface area contributed by atoms with Crippen molar-refractivity contribution in [1.82, 2.24) is 25.2 Å². The monoisotopic (exact) mass is 264 g/mol. The second-order valence-electron chi connectivity index (χ2n) is 4.08. The number of nitrogens with one attached hydrogen (secondary N) is 1. The normalized spacial score (nSPS) is 10.7. The van der Waals surface area contributed by atoms with E-state index in [0.29, 0.717) is 35.3 Å². The van der Waals surface area contributed by atoms with Crippen LogP contribution in [0.1, 0.15) is 34.8 Å². The fourth-order valence-electron chi connectivity index (χ4n) is 1.72. The van der Waals surface area contributed by atoms with Crippen molar-refractivity contribution in [2.24, 2.45) is 0 Å². The highest BCUT2D eigenvalue weighted by atomic mass is 16.5. The van der Waals surface area contributed by atoms with Crippen LogP contribution in [0.3, 0.4) is 0 Å². The van der Waals surface area contributed by atoms with Crippen LogP contribution in [0.2, 0.25) is 0 Å². The van der Waals surface area contributed by atoms with E-state index in [4.69, 9.17) is 10.3 Å². The van der Waals surface area contributed by atoms with Gasteiger partial charge in [0.15, 0.2) is 5.82 Å². The maximum absolute atomic E-state index is 12.1. The number of aromatic nitrogens is 4. The van der Waals surface area contributed by atoms with Crippen LogP contribution in [0.15, 0.2) is 4.52 Å². The molecule has 8 heteroatoms. The third kappa shape index (κ3) is 2.56. The SMILES string of the molecule is CCn1nc(C)c(N)c1C(=O)NCc1nc(C)no1. The summed E-state index contributed by atoms with van der Waals surface area (Å²) in [6.07, 6.45) is 0. The van der Waals surface area contributed by atoms with Gasteiger partial charge in [0, 0.05) is 6.54 Å². The van der Waals surface area contributed by atoms with Gasteiger partial charge in [-0.05, 0) is 20.8 Å². The van der Waals surface area contributed by atoms with Crippen molar-refractivity contribution in [1.29, 1.82) is 0 Å². The van der Waals surface area contributed by atoms with Crippen molar-refractivity contribution < 1.29 is 9.32 Å². The molecule has 0 aliphatic carbocycles. The number of nitrogens with zero attached hydrogens (tertiary/aromatic N) is 4. The van der Waals surface area contributed by atoms with Crippen LogP contribution in [-0.4, -0.2) is 25.8 Å². The minimum atomic E-state index is -0.309. The molecule has 0 aliphatic rings. The van der Waals surface area contributed by atoms with Crippen LogP contribution in [-0.2, 0) is 13.1 Å². The summed E-state index contributed by atoms with van der Waals surface area (Å²) >= 11 is 0. The Balaban J connectivity index is 2.12. The van der Waals surface area contributed by atoms with Crippen LogP contribution < -0.4 is 11.1 Å². The first-order valence-corrected chi connectivity index (χ1v) is 5.93. The quantitative estimate of drug-likeness (QED) is 0.827. The lowest BCUT2D eigenvalue weighted by Crippen LogP contribution is -2.26. The minimum Gasteiger partial charge on any atom is -0.395 e. The average molecular weight is 264 g/mol. The number of nitrogen functional groups attached to an aromatic ring is 1. The predicted molar refractivity (Wildman–Crippen MR) is 67.3 cm³/mol. The van der Waals surface area contributed by atoms with Crippen LogP contribution in [0.4, 0.5) is 5.69 Å². The fraction of sp³-hybridized carbons (Fsp3) is 0.455. The van der Waals surface area contributed by atoms with E-state index in [1.807, 2.05) is 6.92 Å². The third-order valence-corrected chi connectivity index (χ3v) is 2.66. The van der Waals surface area contributed by atoms with Gasteiger partial charge >= 0.3 is 0 Å². The number of anilines is 1. The van der Waals surface area contributed by atoms with Gasteiger partial charge in [-0.1, -0.05) is 5.16 Å². The number of amides is 1. The molecule has 19 heavy (non-hydrogen) atoms.